The van der Waals surface area contributed by atoms with E-state index in [-0.39, 0.29) is 5.91 Å². The highest BCUT2D eigenvalue weighted by molar-refractivity contribution is 6.30. The lowest BCUT2D eigenvalue weighted by molar-refractivity contribution is -0.114. The lowest BCUT2D eigenvalue weighted by atomic mass is 10.2. The molecule has 1 N–H and O–H groups in total. The van der Waals surface area contributed by atoms with Crippen LogP contribution in [0.1, 0.15) is 12.5 Å². The first-order chi connectivity index (χ1) is 8.15. The van der Waals surface area contributed by atoms with Crippen LogP contribution in [0.15, 0.2) is 36.5 Å². The minimum atomic E-state index is -0.108. The summed E-state index contributed by atoms with van der Waals surface area (Å²) >= 11 is 5.81. The predicted octanol–water partition coefficient (Wildman–Crippen LogP) is 2.54. The number of nitrogens with zero attached hydrogens (tertiary/aromatic N) is 2. The molecule has 0 spiro atoms. The molecule has 0 fully saturated rings. The van der Waals surface area contributed by atoms with Crippen LogP contribution in [0.25, 0.3) is 0 Å². The van der Waals surface area contributed by atoms with Gasteiger partial charge >= 0.3 is 0 Å². The Morgan fingerprint density at radius 1 is 1.35 bits per heavy atom. The minimum absolute atomic E-state index is 0.108. The van der Waals surface area contributed by atoms with Crippen LogP contribution in [0.5, 0.6) is 0 Å². The molecule has 1 heterocycles. The van der Waals surface area contributed by atoms with Gasteiger partial charge in [-0.2, -0.15) is 5.10 Å². The molecule has 1 aromatic carbocycles. The van der Waals surface area contributed by atoms with Crippen LogP contribution in [-0.2, 0) is 11.3 Å². The number of hydrogen-bond donors (Lipinski definition) is 1. The van der Waals surface area contributed by atoms with Crippen LogP contribution in [0.4, 0.5) is 5.82 Å². The van der Waals surface area contributed by atoms with E-state index >= 15 is 0 Å². The Bertz CT molecular complexity index is 519. The molecular formula is C12H12ClN3O. The summed E-state index contributed by atoms with van der Waals surface area (Å²) in [7, 11) is 0. The first-order valence-corrected chi connectivity index (χ1v) is 5.57. The molecule has 0 saturated carbocycles. The molecule has 4 nitrogen and oxygen atoms in total. The second kappa shape index (κ2) is 5.01. The van der Waals surface area contributed by atoms with Crippen molar-refractivity contribution < 1.29 is 4.79 Å². The fourth-order valence-electron chi connectivity index (χ4n) is 1.51. The van der Waals surface area contributed by atoms with Crippen molar-refractivity contribution >= 4 is 23.3 Å². The summed E-state index contributed by atoms with van der Waals surface area (Å²) in [4.78, 5) is 11.0. The molecule has 0 atom stereocenters. The van der Waals surface area contributed by atoms with E-state index in [9.17, 15) is 4.79 Å². The van der Waals surface area contributed by atoms with Gasteiger partial charge in [0.25, 0.3) is 0 Å². The zero-order valence-corrected chi connectivity index (χ0v) is 10.1. The summed E-state index contributed by atoms with van der Waals surface area (Å²) < 4.78 is 1.73. The summed E-state index contributed by atoms with van der Waals surface area (Å²) in [5.74, 6) is 0.579. The molecule has 0 bridgehead atoms. The molecule has 0 aliphatic carbocycles. The van der Waals surface area contributed by atoms with E-state index in [1.165, 1.54) is 6.92 Å². The van der Waals surface area contributed by atoms with Gasteiger partial charge in [-0.05, 0) is 17.7 Å². The molecule has 2 aromatic rings. The van der Waals surface area contributed by atoms with Gasteiger partial charge in [0.05, 0.1) is 12.7 Å². The molecule has 2 rings (SSSR count). The number of rotatable bonds is 3. The van der Waals surface area contributed by atoms with Gasteiger partial charge in [0, 0.05) is 18.0 Å². The van der Waals surface area contributed by atoms with E-state index in [4.69, 9.17) is 11.6 Å². The van der Waals surface area contributed by atoms with E-state index in [1.54, 1.807) is 16.9 Å². The lowest BCUT2D eigenvalue weighted by Gasteiger charge is -2.07. The third kappa shape index (κ3) is 3.07. The first kappa shape index (κ1) is 11.7. The van der Waals surface area contributed by atoms with Crippen molar-refractivity contribution in [3.05, 3.63) is 47.1 Å². The molecular weight excluding hydrogens is 238 g/mol. The number of carbonyl (C=O) groups excluding carboxylic acids is 1. The van der Waals surface area contributed by atoms with E-state index in [0.29, 0.717) is 17.4 Å². The summed E-state index contributed by atoms with van der Waals surface area (Å²) in [5, 5.41) is 7.58. The van der Waals surface area contributed by atoms with Crippen molar-refractivity contribution in [1.29, 1.82) is 0 Å². The van der Waals surface area contributed by atoms with Crippen LogP contribution >= 0.6 is 11.6 Å². The highest BCUT2D eigenvalue weighted by Gasteiger charge is 2.04. The normalized spacial score (nSPS) is 10.2. The standard InChI is InChI=1S/C12H12ClN3O/c1-9(17)15-12-6-7-14-16(12)8-10-2-4-11(13)5-3-10/h2-7H,8H2,1H3,(H,15,17). The fourth-order valence-corrected chi connectivity index (χ4v) is 1.63. The maximum Gasteiger partial charge on any atom is 0.222 e. The Kier molecular flexibility index (Phi) is 3.44. The third-order valence-corrected chi connectivity index (χ3v) is 2.52. The zero-order chi connectivity index (χ0) is 12.3. The van der Waals surface area contributed by atoms with Crippen LogP contribution in [0.3, 0.4) is 0 Å². The van der Waals surface area contributed by atoms with Crippen LogP contribution in [0.2, 0.25) is 5.02 Å². The fraction of sp³-hybridized carbons (Fsp3) is 0.167. The smallest absolute Gasteiger partial charge is 0.222 e. The second-order valence-corrected chi connectivity index (χ2v) is 4.12. The number of nitrogens with one attached hydrogen (secondary N) is 1. The van der Waals surface area contributed by atoms with Crippen LogP contribution < -0.4 is 5.32 Å². The maximum atomic E-state index is 11.0. The molecule has 1 aromatic heterocycles. The molecule has 5 heteroatoms. The molecule has 1 amide bonds. The molecule has 0 radical (unpaired) electrons. The summed E-state index contributed by atoms with van der Waals surface area (Å²) in [6.45, 7) is 2.07. The van der Waals surface area contributed by atoms with Crippen molar-refractivity contribution in [2.45, 2.75) is 13.5 Å². The summed E-state index contributed by atoms with van der Waals surface area (Å²) in [6.07, 6.45) is 1.65. The van der Waals surface area contributed by atoms with Crippen molar-refractivity contribution in [3.8, 4) is 0 Å². The Hall–Kier alpha value is -1.81. The maximum absolute atomic E-state index is 11.0. The van der Waals surface area contributed by atoms with Gasteiger partial charge in [0.1, 0.15) is 5.82 Å². The van der Waals surface area contributed by atoms with Gasteiger partial charge in [-0.25, -0.2) is 4.68 Å². The van der Waals surface area contributed by atoms with Gasteiger partial charge in [-0.15, -0.1) is 0 Å². The predicted molar refractivity (Wildman–Crippen MR) is 67.1 cm³/mol. The monoisotopic (exact) mass is 249 g/mol. The number of benzene rings is 1. The van der Waals surface area contributed by atoms with Gasteiger partial charge in [-0.1, -0.05) is 23.7 Å². The molecule has 0 aliphatic rings. The van der Waals surface area contributed by atoms with Crippen molar-refractivity contribution in [2.75, 3.05) is 5.32 Å². The van der Waals surface area contributed by atoms with Crippen molar-refractivity contribution in [1.82, 2.24) is 9.78 Å². The third-order valence-electron chi connectivity index (χ3n) is 2.27. The van der Waals surface area contributed by atoms with Crippen molar-refractivity contribution in [3.63, 3.8) is 0 Å². The average Bonchev–Trinajstić information content (AvgIpc) is 2.68. The summed E-state index contributed by atoms with van der Waals surface area (Å²) in [6, 6.07) is 9.29. The number of carbonyl (C=O) groups is 1. The highest BCUT2D eigenvalue weighted by Crippen LogP contribution is 2.13. The number of anilines is 1. The van der Waals surface area contributed by atoms with Crippen LogP contribution in [0, 0.1) is 0 Å². The van der Waals surface area contributed by atoms with Gasteiger partial charge < -0.3 is 5.32 Å². The molecule has 88 valence electrons. The van der Waals surface area contributed by atoms with E-state index in [2.05, 4.69) is 10.4 Å². The SMILES string of the molecule is CC(=O)Nc1ccnn1Cc1ccc(Cl)cc1. The Labute approximate surface area is 104 Å². The Morgan fingerprint density at radius 3 is 2.71 bits per heavy atom. The second-order valence-electron chi connectivity index (χ2n) is 3.68. The number of halogens is 1. The van der Waals surface area contributed by atoms with E-state index in [1.807, 2.05) is 24.3 Å². The Morgan fingerprint density at radius 2 is 2.06 bits per heavy atom. The van der Waals surface area contributed by atoms with Gasteiger partial charge in [0.15, 0.2) is 0 Å². The summed E-state index contributed by atoms with van der Waals surface area (Å²) in [5.41, 5.74) is 1.07. The lowest BCUT2D eigenvalue weighted by Crippen LogP contribution is -2.12. The Balaban J connectivity index is 2.15. The van der Waals surface area contributed by atoms with Crippen molar-refractivity contribution in [2.24, 2.45) is 0 Å². The zero-order valence-electron chi connectivity index (χ0n) is 9.35. The first-order valence-electron chi connectivity index (χ1n) is 5.19. The largest absolute Gasteiger partial charge is 0.311 e. The topological polar surface area (TPSA) is 46.9 Å². The number of hydrogen-bond acceptors (Lipinski definition) is 2. The van der Waals surface area contributed by atoms with E-state index < -0.39 is 0 Å². The molecule has 17 heavy (non-hydrogen) atoms. The quantitative estimate of drug-likeness (QED) is 0.909. The number of amides is 1. The van der Waals surface area contributed by atoms with Gasteiger partial charge in [-0.3, -0.25) is 4.79 Å². The van der Waals surface area contributed by atoms with Gasteiger partial charge in [0.2, 0.25) is 5.91 Å². The number of aromatic nitrogens is 2. The van der Waals surface area contributed by atoms with E-state index in [0.717, 1.165) is 5.56 Å². The molecule has 0 saturated heterocycles. The minimum Gasteiger partial charge on any atom is -0.311 e. The highest BCUT2D eigenvalue weighted by atomic mass is 35.5. The molecule has 0 aliphatic heterocycles. The molecule has 0 unspecified atom stereocenters. The average molecular weight is 250 g/mol. The van der Waals surface area contributed by atoms with Crippen LogP contribution in [-0.4, -0.2) is 15.7 Å².